The Bertz CT molecular complexity index is 1030. The number of aryl methyl sites for hydroxylation is 2. The van der Waals surface area contributed by atoms with Gasteiger partial charge in [0.1, 0.15) is 23.5 Å². The fourth-order valence-corrected chi connectivity index (χ4v) is 5.50. The van der Waals surface area contributed by atoms with Crippen LogP contribution >= 0.6 is 0 Å². The first-order valence-corrected chi connectivity index (χ1v) is 11.0. The molecule has 0 radical (unpaired) electrons. The lowest BCUT2D eigenvalue weighted by Gasteiger charge is -2.38. The van der Waals surface area contributed by atoms with Crippen LogP contribution in [0.5, 0.6) is 5.75 Å². The largest absolute Gasteiger partial charge is 0.484 e. The van der Waals surface area contributed by atoms with Gasteiger partial charge in [0.05, 0.1) is 6.04 Å². The highest BCUT2D eigenvalue weighted by atomic mass is 16.5. The van der Waals surface area contributed by atoms with Crippen LogP contribution < -0.4 is 4.74 Å². The van der Waals surface area contributed by atoms with Crippen molar-refractivity contribution in [2.75, 3.05) is 13.1 Å². The Balaban J connectivity index is 1.48. The van der Waals surface area contributed by atoms with Gasteiger partial charge < -0.3 is 4.74 Å². The number of hydrogen-bond donors (Lipinski definition) is 0. The molecule has 30 heavy (non-hydrogen) atoms. The van der Waals surface area contributed by atoms with Gasteiger partial charge in [0, 0.05) is 11.1 Å². The number of hydrogen-bond acceptors (Lipinski definition) is 4. The SMILES string of the molecule is Cc1nnc(C)n1-c1ccc(O[C@H]2c3ccccc3C(C)(C)[C@@H]2N2CCCC2)cc1. The summed E-state index contributed by atoms with van der Waals surface area (Å²) in [7, 11) is 0. The third-order valence-corrected chi connectivity index (χ3v) is 6.87. The molecule has 0 unspecified atom stereocenters. The molecule has 5 rings (SSSR count). The smallest absolute Gasteiger partial charge is 0.140 e. The maximum Gasteiger partial charge on any atom is 0.140 e. The van der Waals surface area contributed by atoms with Crippen molar-refractivity contribution in [3.8, 4) is 11.4 Å². The van der Waals surface area contributed by atoms with Crippen molar-refractivity contribution >= 4 is 0 Å². The average Bonchev–Trinajstić information content (AvgIpc) is 3.42. The second kappa shape index (κ2) is 7.24. The third kappa shape index (κ3) is 3.03. The zero-order chi connectivity index (χ0) is 20.9. The molecule has 0 amide bonds. The Labute approximate surface area is 178 Å². The van der Waals surface area contributed by atoms with Gasteiger partial charge in [0.25, 0.3) is 0 Å². The predicted octanol–water partition coefficient (Wildman–Crippen LogP) is 4.76. The molecule has 1 aliphatic heterocycles. The molecule has 1 saturated heterocycles. The number of rotatable bonds is 4. The number of fused-ring (bicyclic) bond motifs is 1. The summed E-state index contributed by atoms with van der Waals surface area (Å²) in [6.07, 6.45) is 2.60. The molecule has 1 aliphatic carbocycles. The molecule has 0 bridgehead atoms. The van der Waals surface area contributed by atoms with Gasteiger partial charge in [0.15, 0.2) is 0 Å². The molecule has 2 aliphatic rings. The van der Waals surface area contributed by atoms with Gasteiger partial charge in [-0.2, -0.15) is 0 Å². The fraction of sp³-hybridized carbons (Fsp3) is 0.440. The first kappa shape index (κ1) is 19.3. The summed E-state index contributed by atoms with van der Waals surface area (Å²) in [6.45, 7) is 11.0. The maximum atomic E-state index is 6.71. The second-order valence-electron chi connectivity index (χ2n) is 9.16. The highest BCUT2D eigenvalue weighted by Crippen LogP contribution is 2.49. The Morgan fingerprint density at radius 2 is 1.53 bits per heavy atom. The minimum atomic E-state index is 0.0403. The van der Waals surface area contributed by atoms with Crippen LogP contribution in [0.2, 0.25) is 0 Å². The minimum absolute atomic E-state index is 0.0403. The molecule has 2 aromatic carbocycles. The van der Waals surface area contributed by atoms with E-state index in [1.165, 1.54) is 24.0 Å². The van der Waals surface area contributed by atoms with Crippen LogP contribution in [0.4, 0.5) is 0 Å². The molecule has 2 atom stereocenters. The summed E-state index contributed by atoms with van der Waals surface area (Å²) in [5.74, 6) is 2.69. The highest BCUT2D eigenvalue weighted by Gasteiger charge is 2.50. The van der Waals surface area contributed by atoms with Crippen LogP contribution in [0.25, 0.3) is 5.69 Å². The van der Waals surface area contributed by atoms with Crippen LogP contribution in [-0.4, -0.2) is 38.8 Å². The van der Waals surface area contributed by atoms with Crippen molar-refractivity contribution in [2.24, 2.45) is 0 Å². The van der Waals surface area contributed by atoms with E-state index in [1.54, 1.807) is 0 Å². The first-order valence-electron chi connectivity index (χ1n) is 11.0. The standard InChI is InChI=1S/C25H30N4O/c1-17-26-27-18(2)29(17)19-11-13-20(14-12-19)30-23-21-9-5-6-10-22(21)25(3,4)24(23)28-15-7-8-16-28/h5-6,9-14,23-24H,7-8,15-16H2,1-4H3/t23-,24+/m0/s1. The summed E-state index contributed by atoms with van der Waals surface area (Å²) in [5.41, 5.74) is 3.86. The Morgan fingerprint density at radius 3 is 2.20 bits per heavy atom. The molecule has 1 aromatic heterocycles. The number of likely N-dealkylation sites (tertiary alicyclic amines) is 1. The lowest BCUT2D eigenvalue weighted by atomic mass is 9.82. The minimum Gasteiger partial charge on any atom is -0.484 e. The van der Waals surface area contributed by atoms with Crippen molar-refractivity contribution in [2.45, 2.75) is 58.1 Å². The number of benzene rings is 2. The first-order chi connectivity index (χ1) is 14.5. The van der Waals surface area contributed by atoms with E-state index in [4.69, 9.17) is 4.74 Å². The van der Waals surface area contributed by atoms with Crippen LogP contribution in [0.3, 0.4) is 0 Å². The summed E-state index contributed by atoms with van der Waals surface area (Å²) in [6, 6.07) is 17.5. The number of nitrogens with zero attached hydrogens (tertiary/aromatic N) is 4. The molecule has 0 N–H and O–H groups in total. The zero-order valence-electron chi connectivity index (χ0n) is 18.3. The predicted molar refractivity (Wildman–Crippen MR) is 118 cm³/mol. The van der Waals surface area contributed by atoms with Crippen molar-refractivity contribution in [3.63, 3.8) is 0 Å². The van der Waals surface area contributed by atoms with E-state index in [2.05, 4.69) is 82.0 Å². The molecule has 3 aromatic rings. The van der Waals surface area contributed by atoms with Gasteiger partial charge >= 0.3 is 0 Å². The zero-order valence-corrected chi connectivity index (χ0v) is 18.3. The monoisotopic (exact) mass is 402 g/mol. The molecular weight excluding hydrogens is 372 g/mol. The quantitative estimate of drug-likeness (QED) is 0.631. The Hall–Kier alpha value is -2.66. The number of ether oxygens (including phenoxy) is 1. The molecule has 0 spiro atoms. The number of aromatic nitrogens is 3. The average molecular weight is 403 g/mol. The van der Waals surface area contributed by atoms with E-state index in [0.29, 0.717) is 6.04 Å². The van der Waals surface area contributed by atoms with E-state index in [1.807, 2.05) is 13.8 Å². The highest BCUT2D eigenvalue weighted by molar-refractivity contribution is 5.45. The van der Waals surface area contributed by atoms with E-state index in [9.17, 15) is 0 Å². The molecule has 5 heteroatoms. The van der Waals surface area contributed by atoms with E-state index >= 15 is 0 Å². The fourth-order valence-electron chi connectivity index (χ4n) is 5.50. The van der Waals surface area contributed by atoms with Crippen LogP contribution in [0.1, 0.15) is 55.6 Å². The Kier molecular flexibility index (Phi) is 4.66. The molecule has 0 saturated carbocycles. The van der Waals surface area contributed by atoms with Crippen molar-refractivity contribution in [3.05, 3.63) is 71.3 Å². The Morgan fingerprint density at radius 1 is 0.900 bits per heavy atom. The lowest BCUT2D eigenvalue weighted by Crippen LogP contribution is -2.47. The van der Waals surface area contributed by atoms with E-state index in [0.717, 1.165) is 36.2 Å². The normalized spacial score (nSPS) is 22.9. The molecule has 2 heterocycles. The maximum absolute atomic E-state index is 6.71. The summed E-state index contributed by atoms with van der Waals surface area (Å²) < 4.78 is 8.77. The van der Waals surface area contributed by atoms with Crippen molar-refractivity contribution in [1.82, 2.24) is 19.7 Å². The molecular formula is C25H30N4O. The second-order valence-corrected chi connectivity index (χ2v) is 9.16. The van der Waals surface area contributed by atoms with Crippen molar-refractivity contribution in [1.29, 1.82) is 0 Å². The topological polar surface area (TPSA) is 43.2 Å². The van der Waals surface area contributed by atoms with Gasteiger partial charge in [-0.3, -0.25) is 9.47 Å². The summed E-state index contributed by atoms with van der Waals surface area (Å²) in [4.78, 5) is 2.64. The van der Waals surface area contributed by atoms with Crippen molar-refractivity contribution < 1.29 is 4.74 Å². The van der Waals surface area contributed by atoms with Crippen LogP contribution in [0.15, 0.2) is 48.5 Å². The summed E-state index contributed by atoms with van der Waals surface area (Å²) in [5, 5.41) is 8.34. The van der Waals surface area contributed by atoms with Gasteiger partial charge in [-0.25, -0.2) is 0 Å². The van der Waals surface area contributed by atoms with Crippen LogP contribution in [0, 0.1) is 13.8 Å². The molecule has 156 valence electrons. The molecule has 1 fully saturated rings. The van der Waals surface area contributed by atoms with Gasteiger partial charge in [-0.15, -0.1) is 10.2 Å². The van der Waals surface area contributed by atoms with E-state index in [-0.39, 0.29) is 11.5 Å². The van der Waals surface area contributed by atoms with Gasteiger partial charge in [0.2, 0.25) is 0 Å². The van der Waals surface area contributed by atoms with E-state index < -0.39 is 0 Å². The van der Waals surface area contributed by atoms with Gasteiger partial charge in [-0.05, 0) is 75.2 Å². The third-order valence-electron chi connectivity index (χ3n) is 6.87. The van der Waals surface area contributed by atoms with Gasteiger partial charge in [-0.1, -0.05) is 38.1 Å². The summed E-state index contributed by atoms with van der Waals surface area (Å²) >= 11 is 0. The lowest BCUT2D eigenvalue weighted by molar-refractivity contribution is 0.0572. The van der Waals surface area contributed by atoms with Crippen LogP contribution in [-0.2, 0) is 5.41 Å². The molecule has 5 nitrogen and oxygen atoms in total.